The summed E-state index contributed by atoms with van der Waals surface area (Å²) in [6.45, 7) is 6.04. The van der Waals surface area contributed by atoms with E-state index in [0.29, 0.717) is 10.8 Å². The summed E-state index contributed by atoms with van der Waals surface area (Å²) in [5.74, 6) is 0.361. The molecule has 1 saturated heterocycles. The van der Waals surface area contributed by atoms with Gasteiger partial charge in [-0.2, -0.15) is 0 Å². The SMILES string of the molecule is Cc1cc(C)c(OCC(=O)Nc2ccc(N3CCCCC3)cc2)c(Cl)c1. The van der Waals surface area contributed by atoms with Gasteiger partial charge in [0, 0.05) is 24.5 Å². The zero-order chi connectivity index (χ0) is 18.5. The van der Waals surface area contributed by atoms with E-state index in [9.17, 15) is 4.79 Å². The van der Waals surface area contributed by atoms with E-state index in [2.05, 4.69) is 22.3 Å². The van der Waals surface area contributed by atoms with Crippen LogP contribution in [0.3, 0.4) is 0 Å². The number of carbonyl (C=O) groups excluding carboxylic acids is 1. The first-order valence-corrected chi connectivity index (χ1v) is 9.45. The Kier molecular flexibility index (Phi) is 6.04. The molecular weight excluding hydrogens is 348 g/mol. The monoisotopic (exact) mass is 372 g/mol. The molecule has 0 bridgehead atoms. The van der Waals surface area contributed by atoms with Gasteiger partial charge in [-0.15, -0.1) is 0 Å². The van der Waals surface area contributed by atoms with Crippen LogP contribution in [0.4, 0.5) is 11.4 Å². The topological polar surface area (TPSA) is 41.6 Å². The number of nitrogens with one attached hydrogen (secondary N) is 1. The molecule has 0 unspecified atom stereocenters. The van der Waals surface area contributed by atoms with Crippen molar-refractivity contribution in [1.29, 1.82) is 0 Å². The molecule has 3 rings (SSSR count). The number of hydrogen-bond acceptors (Lipinski definition) is 3. The third kappa shape index (κ3) is 4.70. The summed E-state index contributed by atoms with van der Waals surface area (Å²) in [6, 6.07) is 11.8. The lowest BCUT2D eigenvalue weighted by Crippen LogP contribution is -2.29. The van der Waals surface area contributed by atoms with Crippen LogP contribution in [0.2, 0.25) is 5.02 Å². The van der Waals surface area contributed by atoms with Crippen molar-refractivity contribution in [3.05, 3.63) is 52.5 Å². The van der Waals surface area contributed by atoms with Crippen LogP contribution in [0.15, 0.2) is 36.4 Å². The molecule has 0 aromatic heterocycles. The molecule has 0 spiro atoms. The molecule has 1 heterocycles. The highest BCUT2D eigenvalue weighted by molar-refractivity contribution is 6.32. The number of halogens is 1. The summed E-state index contributed by atoms with van der Waals surface area (Å²) in [7, 11) is 0. The van der Waals surface area contributed by atoms with Crippen LogP contribution < -0.4 is 15.0 Å². The normalized spacial score (nSPS) is 14.2. The number of nitrogens with zero attached hydrogens (tertiary/aromatic N) is 1. The van der Waals surface area contributed by atoms with E-state index >= 15 is 0 Å². The molecule has 2 aromatic carbocycles. The van der Waals surface area contributed by atoms with Gasteiger partial charge in [0.1, 0.15) is 5.75 Å². The molecule has 0 saturated carbocycles. The Hall–Kier alpha value is -2.20. The second-order valence-electron chi connectivity index (χ2n) is 6.82. The average molecular weight is 373 g/mol. The van der Waals surface area contributed by atoms with Crippen molar-refractivity contribution in [1.82, 2.24) is 0 Å². The van der Waals surface area contributed by atoms with Crippen molar-refractivity contribution < 1.29 is 9.53 Å². The van der Waals surface area contributed by atoms with Gasteiger partial charge in [-0.05, 0) is 74.6 Å². The van der Waals surface area contributed by atoms with Crippen molar-refractivity contribution in [2.24, 2.45) is 0 Å². The standard InChI is InChI=1S/C21H25ClN2O2/c1-15-12-16(2)21(19(22)13-15)26-14-20(25)23-17-6-8-18(9-7-17)24-10-4-3-5-11-24/h6-9,12-13H,3-5,10-11,14H2,1-2H3,(H,23,25). The predicted molar refractivity (Wildman–Crippen MR) is 108 cm³/mol. The Bertz CT molecular complexity index is 745. The Morgan fingerprint density at radius 3 is 2.46 bits per heavy atom. The van der Waals surface area contributed by atoms with Gasteiger partial charge in [0.05, 0.1) is 5.02 Å². The van der Waals surface area contributed by atoms with Crippen molar-refractivity contribution in [3.63, 3.8) is 0 Å². The summed E-state index contributed by atoms with van der Waals surface area (Å²) >= 11 is 6.21. The van der Waals surface area contributed by atoms with Gasteiger partial charge >= 0.3 is 0 Å². The molecule has 138 valence electrons. The largest absolute Gasteiger partial charge is 0.482 e. The predicted octanol–water partition coefficient (Wildman–Crippen LogP) is 4.96. The average Bonchev–Trinajstić information content (AvgIpc) is 2.62. The summed E-state index contributed by atoms with van der Waals surface area (Å²) in [5.41, 5.74) is 3.97. The number of amides is 1. The van der Waals surface area contributed by atoms with Gasteiger partial charge in [0.2, 0.25) is 0 Å². The smallest absolute Gasteiger partial charge is 0.262 e. The highest BCUT2D eigenvalue weighted by atomic mass is 35.5. The van der Waals surface area contributed by atoms with Gasteiger partial charge in [0.25, 0.3) is 5.91 Å². The van der Waals surface area contributed by atoms with E-state index in [1.807, 2.05) is 38.1 Å². The fourth-order valence-corrected chi connectivity index (χ4v) is 3.70. The van der Waals surface area contributed by atoms with Crippen LogP contribution in [0.25, 0.3) is 0 Å². The maximum absolute atomic E-state index is 12.2. The Morgan fingerprint density at radius 2 is 1.81 bits per heavy atom. The molecule has 1 aliphatic heterocycles. The van der Waals surface area contributed by atoms with E-state index < -0.39 is 0 Å². The van der Waals surface area contributed by atoms with Crippen LogP contribution in [0.1, 0.15) is 30.4 Å². The number of aryl methyl sites for hydroxylation is 2. The molecule has 1 aliphatic rings. The second-order valence-corrected chi connectivity index (χ2v) is 7.23. The molecular formula is C21H25ClN2O2. The molecule has 2 aromatic rings. The minimum absolute atomic E-state index is 0.0719. The Balaban J connectivity index is 1.55. The number of carbonyl (C=O) groups is 1. The quantitative estimate of drug-likeness (QED) is 0.806. The molecule has 4 nitrogen and oxygen atoms in total. The number of rotatable bonds is 5. The van der Waals surface area contributed by atoms with Crippen molar-refractivity contribution in [2.75, 3.05) is 29.9 Å². The minimum Gasteiger partial charge on any atom is -0.482 e. The lowest BCUT2D eigenvalue weighted by Gasteiger charge is -2.28. The highest BCUT2D eigenvalue weighted by Gasteiger charge is 2.12. The number of ether oxygens (including phenoxy) is 1. The summed E-state index contributed by atoms with van der Waals surface area (Å²) in [4.78, 5) is 14.6. The lowest BCUT2D eigenvalue weighted by molar-refractivity contribution is -0.118. The third-order valence-electron chi connectivity index (χ3n) is 4.59. The van der Waals surface area contributed by atoms with Crippen molar-refractivity contribution >= 4 is 28.9 Å². The van der Waals surface area contributed by atoms with Crippen molar-refractivity contribution in [2.45, 2.75) is 33.1 Å². The van der Waals surface area contributed by atoms with E-state index in [1.165, 1.54) is 24.9 Å². The van der Waals surface area contributed by atoms with Crippen LogP contribution in [0.5, 0.6) is 5.75 Å². The lowest BCUT2D eigenvalue weighted by atomic mass is 10.1. The van der Waals surface area contributed by atoms with Crippen molar-refractivity contribution in [3.8, 4) is 5.75 Å². The molecule has 0 aliphatic carbocycles. The van der Waals surface area contributed by atoms with E-state index in [-0.39, 0.29) is 12.5 Å². The molecule has 0 radical (unpaired) electrons. The first-order chi connectivity index (χ1) is 12.5. The Labute approximate surface area is 160 Å². The molecule has 1 amide bonds. The summed E-state index contributed by atoms with van der Waals surface area (Å²) in [5, 5.41) is 3.40. The fourth-order valence-electron chi connectivity index (χ4n) is 3.33. The van der Waals surface area contributed by atoms with E-state index in [1.54, 1.807) is 0 Å². The van der Waals surface area contributed by atoms with E-state index in [4.69, 9.17) is 16.3 Å². The molecule has 5 heteroatoms. The number of anilines is 2. The van der Waals surface area contributed by atoms with E-state index in [0.717, 1.165) is 29.9 Å². The third-order valence-corrected chi connectivity index (χ3v) is 4.87. The number of piperidine rings is 1. The van der Waals surface area contributed by atoms with Gasteiger partial charge in [0.15, 0.2) is 6.61 Å². The molecule has 26 heavy (non-hydrogen) atoms. The Morgan fingerprint density at radius 1 is 1.12 bits per heavy atom. The van der Waals surface area contributed by atoms with Crippen LogP contribution in [-0.2, 0) is 4.79 Å². The fraction of sp³-hybridized carbons (Fsp3) is 0.381. The molecule has 1 fully saturated rings. The first-order valence-electron chi connectivity index (χ1n) is 9.07. The number of benzene rings is 2. The second kappa shape index (κ2) is 8.45. The first kappa shape index (κ1) is 18.6. The van der Waals surface area contributed by atoms with Crippen LogP contribution in [-0.4, -0.2) is 25.6 Å². The van der Waals surface area contributed by atoms with Crippen LogP contribution >= 0.6 is 11.6 Å². The van der Waals surface area contributed by atoms with Gasteiger partial charge in [-0.25, -0.2) is 0 Å². The van der Waals surface area contributed by atoms with Gasteiger partial charge in [-0.1, -0.05) is 17.7 Å². The van der Waals surface area contributed by atoms with Gasteiger partial charge < -0.3 is 15.0 Å². The molecule has 1 N–H and O–H groups in total. The van der Waals surface area contributed by atoms with Crippen LogP contribution in [0, 0.1) is 13.8 Å². The molecule has 0 atom stereocenters. The number of hydrogen-bond donors (Lipinski definition) is 1. The summed E-state index contributed by atoms with van der Waals surface area (Å²) < 4.78 is 5.62. The van der Waals surface area contributed by atoms with Gasteiger partial charge in [-0.3, -0.25) is 4.79 Å². The summed E-state index contributed by atoms with van der Waals surface area (Å²) in [6.07, 6.45) is 3.81. The maximum Gasteiger partial charge on any atom is 0.262 e. The zero-order valence-electron chi connectivity index (χ0n) is 15.3. The maximum atomic E-state index is 12.2. The zero-order valence-corrected chi connectivity index (χ0v) is 16.1. The minimum atomic E-state index is -0.202. The highest BCUT2D eigenvalue weighted by Crippen LogP contribution is 2.29.